The molecule has 2 heteroatoms. The van der Waals surface area contributed by atoms with E-state index in [4.69, 9.17) is 0 Å². The lowest BCUT2D eigenvalue weighted by atomic mass is 9.81. The molecule has 2 nitrogen and oxygen atoms in total. The van der Waals surface area contributed by atoms with Crippen LogP contribution in [0.15, 0.2) is 255 Å². The molecule has 2 aliphatic rings. The Balaban J connectivity index is 0.657. The minimum absolute atomic E-state index is 0.0899. The fraction of sp³-hybridized carbons (Fsp3) is 0.167. The molecule has 0 atom stereocenters. The molecule has 0 N–H and O–H groups in total. The lowest BCUT2D eigenvalue weighted by Crippen LogP contribution is -2.17. The van der Waals surface area contributed by atoms with Gasteiger partial charge in [-0.25, -0.2) is 0 Å². The predicted octanol–water partition coefficient (Wildman–Crippen LogP) is 23.5. The molecule has 0 radical (unpaired) electrons. The van der Waals surface area contributed by atoms with E-state index in [0.717, 1.165) is 34.1 Å². The highest BCUT2D eigenvalue weighted by Crippen LogP contribution is 2.53. The highest BCUT2D eigenvalue weighted by molar-refractivity contribution is 5.89. The third kappa shape index (κ3) is 10.6. The zero-order valence-corrected chi connectivity index (χ0v) is 51.5. The fourth-order valence-corrected chi connectivity index (χ4v) is 13.1. The molecule has 0 aromatic heterocycles. The van der Waals surface area contributed by atoms with Gasteiger partial charge in [-0.15, -0.1) is 0 Å². The third-order valence-electron chi connectivity index (χ3n) is 18.2. The molecule has 0 saturated heterocycles. The normalized spacial score (nSPS) is 13.8. The molecular formula is C84H76N2. The molecule has 0 fully saturated rings. The number of benzene rings is 11. The van der Waals surface area contributed by atoms with E-state index in [-0.39, 0.29) is 21.7 Å². The second-order valence-electron chi connectivity index (χ2n) is 26.7. The van der Waals surface area contributed by atoms with Crippen molar-refractivity contribution in [3.63, 3.8) is 0 Å². The molecule has 2 aliphatic carbocycles. The molecule has 0 aliphatic heterocycles. The van der Waals surface area contributed by atoms with Crippen LogP contribution >= 0.6 is 0 Å². The van der Waals surface area contributed by atoms with E-state index in [0.29, 0.717) is 0 Å². The summed E-state index contributed by atoms with van der Waals surface area (Å²) in [7, 11) is 0. The van der Waals surface area contributed by atoms with Gasteiger partial charge in [0.25, 0.3) is 0 Å². The van der Waals surface area contributed by atoms with Gasteiger partial charge in [-0.1, -0.05) is 276 Å². The Kier molecular flexibility index (Phi) is 14.1. The summed E-state index contributed by atoms with van der Waals surface area (Å²) in [4.78, 5) is 4.77. The highest BCUT2D eigenvalue weighted by Gasteiger charge is 2.38. The van der Waals surface area contributed by atoms with Crippen LogP contribution < -0.4 is 9.80 Å². The Bertz CT molecular complexity index is 4050. The molecule has 11 aromatic carbocycles. The van der Waals surface area contributed by atoms with Crippen molar-refractivity contribution in [3.8, 4) is 44.5 Å². The van der Waals surface area contributed by atoms with Crippen molar-refractivity contribution >= 4 is 58.4 Å². The largest absolute Gasteiger partial charge is 0.310 e. The van der Waals surface area contributed by atoms with Gasteiger partial charge in [0.1, 0.15) is 0 Å². The van der Waals surface area contributed by atoms with Gasteiger partial charge in [0.15, 0.2) is 0 Å². The monoisotopic (exact) mass is 1110 g/mol. The first kappa shape index (κ1) is 55.7. The van der Waals surface area contributed by atoms with Crippen LogP contribution in [-0.4, -0.2) is 0 Å². The first-order valence-electron chi connectivity index (χ1n) is 30.5. The maximum atomic E-state index is 2.42. The number of hydrogen-bond acceptors (Lipinski definition) is 2. The standard InChI is InChI=1S/C84H76N2/c1-81(2,3)65-39-43-69(44-40-65)85(67-17-13-11-14-18-67)71-47-51-75-73-49-29-59(53-77(73)83(7,8)79(75)55-71)23-21-57-25-31-61(32-26-57)63-35-37-64(38-36-63)62-33-27-58(28-34-62)22-24-60-30-50-74-76-52-48-72(56-80(76)84(9,10)78(74)54-60)86(68-19-15-12-16-20-68)70-45-41-66(42-46-70)82(4,5)6/h11-56H,1-10H3/b23-21+,24-22+. The summed E-state index contributed by atoms with van der Waals surface area (Å²) in [5, 5.41) is 0. The van der Waals surface area contributed by atoms with Crippen LogP contribution in [0, 0.1) is 0 Å². The van der Waals surface area contributed by atoms with E-state index < -0.39 is 0 Å². The van der Waals surface area contributed by atoms with Crippen LogP contribution in [0.5, 0.6) is 0 Å². The Morgan fingerprint density at radius 1 is 0.256 bits per heavy atom. The highest BCUT2D eigenvalue weighted by atomic mass is 15.1. The van der Waals surface area contributed by atoms with E-state index in [1.807, 2.05) is 0 Å². The van der Waals surface area contributed by atoms with Gasteiger partial charge in [0.05, 0.1) is 0 Å². The summed E-state index contributed by atoms with van der Waals surface area (Å²) in [6.45, 7) is 23.1. The zero-order chi connectivity index (χ0) is 59.5. The van der Waals surface area contributed by atoms with E-state index in [1.54, 1.807) is 0 Å². The van der Waals surface area contributed by atoms with Gasteiger partial charge in [0, 0.05) is 45.0 Å². The molecule has 422 valence electrons. The average Bonchev–Trinajstić information content (AvgIpc) is 4.12. The average molecular weight is 1110 g/mol. The van der Waals surface area contributed by atoms with Gasteiger partial charge in [-0.3, -0.25) is 0 Å². The van der Waals surface area contributed by atoms with Crippen molar-refractivity contribution in [3.05, 3.63) is 310 Å². The van der Waals surface area contributed by atoms with E-state index in [1.165, 1.54) is 100 Å². The van der Waals surface area contributed by atoms with Gasteiger partial charge >= 0.3 is 0 Å². The maximum absolute atomic E-state index is 2.42. The fourth-order valence-electron chi connectivity index (χ4n) is 13.1. The quantitative estimate of drug-likeness (QED) is 0.113. The third-order valence-corrected chi connectivity index (χ3v) is 18.2. The van der Waals surface area contributed by atoms with E-state index in [2.05, 4.69) is 358 Å². The number of nitrogens with zero attached hydrogens (tertiary/aromatic N) is 2. The van der Waals surface area contributed by atoms with Gasteiger partial charge < -0.3 is 9.80 Å². The van der Waals surface area contributed by atoms with Crippen LogP contribution in [0.3, 0.4) is 0 Å². The zero-order valence-electron chi connectivity index (χ0n) is 51.5. The van der Waals surface area contributed by atoms with Crippen molar-refractivity contribution in [1.29, 1.82) is 0 Å². The van der Waals surface area contributed by atoms with Crippen LogP contribution in [0.4, 0.5) is 34.1 Å². The van der Waals surface area contributed by atoms with Crippen LogP contribution in [0.1, 0.15) is 125 Å². The lowest BCUT2D eigenvalue weighted by molar-refractivity contribution is 0.590. The summed E-state index contributed by atoms with van der Waals surface area (Å²) in [5.41, 5.74) is 29.7. The van der Waals surface area contributed by atoms with Crippen molar-refractivity contribution in [2.75, 3.05) is 9.80 Å². The van der Waals surface area contributed by atoms with Crippen LogP contribution in [0.25, 0.3) is 68.8 Å². The topological polar surface area (TPSA) is 6.48 Å². The predicted molar refractivity (Wildman–Crippen MR) is 370 cm³/mol. The summed E-state index contributed by atoms with van der Waals surface area (Å²) < 4.78 is 0. The summed E-state index contributed by atoms with van der Waals surface area (Å²) >= 11 is 0. The molecule has 0 spiro atoms. The Morgan fingerprint density at radius 2 is 0.512 bits per heavy atom. The van der Waals surface area contributed by atoms with Crippen molar-refractivity contribution in [2.45, 2.75) is 90.9 Å². The number of rotatable bonds is 12. The van der Waals surface area contributed by atoms with Crippen molar-refractivity contribution in [2.24, 2.45) is 0 Å². The van der Waals surface area contributed by atoms with E-state index >= 15 is 0 Å². The van der Waals surface area contributed by atoms with Gasteiger partial charge in [0.2, 0.25) is 0 Å². The second kappa shape index (κ2) is 21.8. The first-order valence-corrected chi connectivity index (χ1v) is 30.5. The molecule has 0 saturated carbocycles. The van der Waals surface area contributed by atoms with Crippen LogP contribution in [0.2, 0.25) is 0 Å². The Morgan fingerprint density at radius 3 is 0.837 bits per heavy atom. The molecule has 0 heterocycles. The lowest BCUT2D eigenvalue weighted by Gasteiger charge is -2.29. The maximum Gasteiger partial charge on any atom is 0.0465 e. The Labute approximate surface area is 511 Å². The summed E-state index contributed by atoms with van der Waals surface area (Å²) in [6, 6.07) is 94.4. The number of hydrogen-bond donors (Lipinski definition) is 0. The van der Waals surface area contributed by atoms with Crippen molar-refractivity contribution < 1.29 is 0 Å². The molecule has 11 aromatic rings. The molecule has 0 amide bonds. The van der Waals surface area contributed by atoms with Crippen LogP contribution in [-0.2, 0) is 21.7 Å². The number of anilines is 6. The van der Waals surface area contributed by atoms with Crippen molar-refractivity contribution in [1.82, 2.24) is 0 Å². The van der Waals surface area contributed by atoms with Gasteiger partial charge in [-0.05, 0) is 184 Å². The smallest absolute Gasteiger partial charge is 0.0465 e. The Hall–Kier alpha value is -9.50. The van der Waals surface area contributed by atoms with Gasteiger partial charge in [-0.2, -0.15) is 0 Å². The van der Waals surface area contributed by atoms with E-state index in [9.17, 15) is 0 Å². The molecule has 13 rings (SSSR count). The molecular weight excluding hydrogens is 1040 g/mol. The minimum Gasteiger partial charge on any atom is -0.310 e. The molecule has 0 bridgehead atoms. The molecule has 86 heavy (non-hydrogen) atoms. The number of para-hydroxylation sites is 2. The summed E-state index contributed by atoms with van der Waals surface area (Å²) in [5.74, 6) is 0. The summed E-state index contributed by atoms with van der Waals surface area (Å²) in [6.07, 6.45) is 8.98. The number of fused-ring (bicyclic) bond motifs is 6. The second-order valence-corrected chi connectivity index (χ2v) is 26.7. The molecule has 0 unspecified atom stereocenters. The first-order chi connectivity index (χ1) is 41.4. The minimum atomic E-state index is -0.167. The SMILES string of the molecule is CC(C)(C)c1ccc(N(c2ccccc2)c2ccc3c(c2)C(C)(C)c2cc(/C=C/c4ccc(-c5ccc(-c6ccc(/C=C/c7ccc8c(c7)C(C)(C)c7cc(N(c9ccccc9)c9ccc(C(C)(C)C)cc9)ccc7-8)cc6)cc5)cc4)ccc2-3)cc1.